The summed E-state index contributed by atoms with van der Waals surface area (Å²) in [5.74, 6) is 0. The molecule has 0 saturated carbocycles. The highest BCUT2D eigenvalue weighted by Crippen LogP contribution is 2.52. The highest BCUT2D eigenvalue weighted by molar-refractivity contribution is 7.53. The molecule has 0 aromatic carbocycles. The van der Waals surface area contributed by atoms with Crippen LogP contribution in [-0.4, -0.2) is 26.0 Å². The van der Waals surface area contributed by atoms with E-state index in [9.17, 15) is 4.57 Å². The van der Waals surface area contributed by atoms with Crippen LogP contribution in [-0.2, 0) is 13.6 Å². The second-order valence-corrected chi connectivity index (χ2v) is 4.82. The fraction of sp³-hybridized carbons (Fsp3) is 1.00. The zero-order chi connectivity index (χ0) is 8.54. The zero-order valence-corrected chi connectivity index (χ0v) is 7.67. The van der Waals surface area contributed by atoms with Gasteiger partial charge in [0.05, 0.1) is 6.16 Å². The monoisotopic (exact) mass is 178 g/mol. The van der Waals surface area contributed by atoms with Gasteiger partial charge in [0.2, 0.25) is 0 Å². The molecule has 0 aliphatic carbocycles. The van der Waals surface area contributed by atoms with Crippen molar-refractivity contribution in [3.05, 3.63) is 0 Å². The van der Waals surface area contributed by atoms with Gasteiger partial charge >= 0.3 is 7.60 Å². The molecule has 64 valence electrons. The third kappa shape index (κ3) is 2.09. The number of hydrogen-bond acceptors (Lipinski definition) is 5. The normalized spacial score (nSPS) is 20.3. The van der Waals surface area contributed by atoms with E-state index in [1.54, 1.807) is 6.92 Å². The first-order chi connectivity index (χ1) is 5.04. The van der Waals surface area contributed by atoms with Crippen LogP contribution < -0.4 is 0 Å². The second kappa shape index (κ2) is 2.66. The third-order valence-corrected chi connectivity index (χ3v) is 3.59. The minimum Gasteiger partial charge on any atom is -0.312 e. The molecule has 11 heavy (non-hydrogen) atoms. The highest BCUT2D eigenvalue weighted by atomic mass is 31.2. The van der Waals surface area contributed by atoms with Gasteiger partial charge < -0.3 is 9.05 Å². The van der Waals surface area contributed by atoms with Gasteiger partial charge in [-0.1, -0.05) is 0 Å². The molecule has 0 saturated heterocycles. The van der Waals surface area contributed by atoms with Crippen molar-refractivity contribution in [2.24, 2.45) is 10.2 Å². The van der Waals surface area contributed by atoms with E-state index in [4.69, 9.17) is 9.05 Å². The van der Waals surface area contributed by atoms with Crippen LogP contribution in [0.4, 0.5) is 0 Å². The molecular formula is C5H11N2O3P. The average molecular weight is 178 g/mol. The second-order valence-electron chi connectivity index (χ2n) is 2.55. The quantitative estimate of drug-likeness (QED) is 0.615. The Hall–Kier alpha value is -0.250. The van der Waals surface area contributed by atoms with Crippen molar-refractivity contribution in [2.45, 2.75) is 12.6 Å². The van der Waals surface area contributed by atoms with E-state index < -0.39 is 13.3 Å². The summed E-state index contributed by atoms with van der Waals surface area (Å²) in [6, 6.07) is 0. The first kappa shape index (κ1) is 8.84. The molecule has 0 bridgehead atoms. The SMILES string of the molecule is COP(=O)(CC1(C)N=N1)OC. The molecule has 0 spiro atoms. The Kier molecular flexibility index (Phi) is 2.14. The van der Waals surface area contributed by atoms with E-state index >= 15 is 0 Å². The molecule has 0 radical (unpaired) electrons. The van der Waals surface area contributed by atoms with E-state index in [1.165, 1.54) is 14.2 Å². The summed E-state index contributed by atoms with van der Waals surface area (Å²) in [7, 11) is -0.213. The Balaban J connectivity index is 2.51. The van der Waals surface area contributed by atoms with Gasteiger partial charge in [-0.05, 0) is 6.92 Å². The maximum absolute atomic E-state index is 11.4. The van der Waals surface area contributed by atoms with Gasteiger partial charge in [-0.3, -0.25) is 4.57 Å². The predicted molar refractivity (Wildman–Crippen MR) is 39.8 cm³/mol. The summed E-state index contributed by atoms with van der Waals surface area (Å²) in [6.45, 7) is 1.78. The summed E-state index contributed by atoms with van der Waals surface area (Å²) >= 11 is 0. The topological polar surface area (TPSA) is 60.2 Å². The lowest BCUT2D eigenvalue weighted by molar-refractivity contribution is 0.272. The maximum atomic E-state index is 11.4. The molecule has 0 amide bonds. The van der Waals surface area contributed by atoms with Gasteiger partial charge in [-0.15, -0.1) is 0 Å². The van der Waals surface area contributed by atoms with Crippen molar-refractivity contribution >= 4 is 7.60 Å². The van der Waals surface area contributed by atoms with E-state index in [0.717, 1.165) is 0 Å². The van der Waals surface area contributed by atoms with Crippen molar-refractivity contribution in [2.75, 3.05) is 20.4 Å². The number of hydrogen-bond donors (Lipinski definition) is 0. The Morgan fingerprint density at radius 3 is 2.09 bits per heavy atom. The van der Waals surface area contributed by atoms with Crippen LogP contribution in [0.1, 0.15) is 6.92 Å². The Morgan fingerprint density at radius 2 is 1.82 bits per heavy atom. The fourth-order valence-corrected chi connectivity index (χ4v) is 1.99. The lowest BCUT2D eigenvalue weighted by atomic mass is 10.3. The van der Waals surface area contributed by atoms with Crippen molar-refractivity contribution in [3.8, 4) is 0 Å². The standard InChI is InChI=1S/C5H11N2O3P/c1-5(6-7-5)4-11(8,9-2)10-3/h4H2,1-3H3. The molecule has 1 aliphatic heterocycles. The van der Waals surface area contributed by atoms with Gasteiger partial charge in [-0.25, -0.2) is 0 Å². The van der Waals surface area contributed by atoms with Crippen LogP contribution in [0.25, 0.3) is 0 Å². The smallest absolute Gasteiger partial charge is 0.312 e. The summed E-state index contributed by atoms with van der Waals surface area (Å²) in [6.07, 6.45) is 0.229. The van der Waals surface area contributed by atoms with Crippen LogP contribution >= 0.6 is 7.60 Å². The zero-order valence-electron chi connectivity index (χ0n) is 6.77. The minimum atomic E-state index is -2.93. The molecule has 0 atom stereocenters. The molecule has 1 aliphatic rings. The first-order valence-corrected chi connectivity index (χ1v) is 4.91. The molecule has 0 aromatic heterocycles. The van der Waals surface area contributed by atoms with E-state index in [1.807, 2.05) is 0 Å². The lowest BCUT2D eigenvalue weighted by Crippen LogP contribution is -2.12. The lowest BCUT2D eigenvalue weighted by Gasteiger charge is -2.14. The highest BCUT2D eigenvalue weighted by Gasteiger charge is 2.42. The summed E-state index contributed by atoms with van der Waals surface area (Å²) in [5.41, 5.74) is -0.526. The molecule has 0 fully saturated rings. The van der Waals surface area contributed by atoms with Crippen molar-refractivity contribution in [1.29, 1.82) is 0 Å². The maximum Gasteiger partial charge on any atom is 0.334 e. The Bertz CT molecular complexity index is 214. The molecule has 1 rings (SSSR count). The first-order valence-electron chi connectivity index (χ1n) is 3.18. The van der Waals surface area contributed by atoms with E-state index in [-0.39, 0.29) is 6.16 Å². The predicted octanol–water partition coefficient (Wildman–Crippen LogP) is 1.65. The molecule has 5 nitrogen and oxygen atoms in total. The molecule has 0 unspecified atom stereocenters. The molecular weight excluding hydrogens is 167 g/mol. The van der Waals surface area contributed by atoms with Crippen molar-refractivity contribution in [1.82, 2.24) is 0 Å². The fourth-order valence-electron chi connectivity index (χ4n) is 0.719. The van der Waals surface area contributed by atoms with Gasteiger partial charge in [-0.2, -0.15) is 10.2 Å². The van der Waals surface area contributed by atoms with Crippen LogP contribution in [0, 0.1) is 0 Å². The van der Waals surface area contributed by atoms with Crippen molar-refractivity contribution < 1.29 is 13.6 Å². The van der Waals surface area contributed by atoms with E-state index in [2.05, 4.69) is 10.2 Å². The molecule has 0 aromatic rings. The van der Waals surface area contributed by atoms with Gasteiger partial charge in [0.25, 0.3) is 0 Å². The average Bonchev–Trinajstić information content (AvgIpc) is 2.68. The van der Waals surface area contributed by atoms with E-state index in [0.29, 0.717) is 0 Å². The van der Waals surface area contributed by atoms with Crippen LogP contribution in [0.15, 0.2) is 10.2 Å². The summed E-state index contributed by atoms with van der Waals surface area (Å²) in [5, 5.41) is 7.42. The molecule has 6 heteroatoms. The summed E-state index contributed by atoms with van der Waals surface area (Å²) < 4.78 is 20.9. The minimum absolute atomic E-state index is 0.229. The Morgan fingerprint density at radius 1 is 1.36 bits per heavy atom. The van der Waals surface area contributed by atoms with Crippen molar-refractivity contribution in [3.63, 3.8) is 0 Å². The third-order valence-electron chi connectivity index (χ3n) is 1.49. The molecule has 1 heterocycles. The van der Waals surface area contributed by atoms with Gasteiger partial charge in [0.15, 0.2) is 5.66 Å². The van der Waals surface area contributed by atoms with Crippen LogP contribution in [0.5, 0.6) is 0 Å². The van der Waals surface area contributed by atoms with Crippen LogP contribution in [0.2, 0.25) is 0 Å². The molecule has 0 N–H and O–H groups in total. The largest absolute Gasteiger partial charge is 0.334 e. The number of nitrogens with zero attached hydrogens (tertiary/aromatic N) is 2. The number of rotatable bonds is 4. The summed E-state index contributed by atoms with van der Waals surface area (Å²) in [4.78, 5) is 0. The Labute approximate surface area is 65.3 Å². The van der Waals surface area contributed by atoms with Crippen LogP contribution in [0.3, 0.4) is 0 Å². The van der Waals surface area contributed by atoms with Gasteiger partial charge in [0, 0.05) is 14.2 Å². The van der Waals surface area contributed by atoms with Gasteiger partial charge in [0.1, 0.15) is 0 Å².